The minimum Gasteiger partial charge on any atom is -0.379 e. The van der Waals surface area contributed by atoms with Gasteiger partial charge in [0.15, 0.2) is 5.60 Å². The summed E-state index contributed by atoms with van der Waals surface area (Å²) >= 11 is 5.75. The van der Waals surface area contributed by atoms with Crippen molar-refractivity contribution in [1.82, 2.24) is 15.2 Å². The summed E-state index contributed by atoms with van der Waals surface area (Å²) in [5, 5.41) is 3.34. The smallest absolute Gasteiger partial charge is 0.172 e. The molecule has 1 aromatic heterocycles. The molecule has 6 heteroatoms. The Bertz CT molecular complexity index is 559. The van der Waals surface area contributed by atoms with Crippen LogP contribution in [0.15, 0.2) is 36.5 Å². The zero-order valence-electron chi connectivity index (χ0n) is 15.4. The maximum absolute atomic E-state index is 5.99. The fourth-order valence-electron chi connectivity index (χ4n) is 2.84. The average molecular weight is 364 g/mol. The van der Waals surface area contributed by atoms with Crippen LogP contribution in [0, 0.1) is 5.92 Å². The van der Waals surface area contributed by atoms with E-state index in [1.54, 1.807) is 13.3 Å². The number of morpholine rings is 1. The van der Waals surface area contributed by atoms with Crippen LogP contribution in [0.5, 0.6) is 0 Å². The molecule has 5 nitrogen and oxygen atoms in total. The second kappa shape index (κ2) is 9.97. The molecule has 0 radical (unpaired) electrons. The maximum Gasteiger partial charge on any atom is 0.172 e. The molecular formula is C19H29N3O2S. The third kappa shape index (κ3) is 5.57. The lowest BCUT2D eigenvalue weighted by Crippen LogP contribution is -2.54. The third-order valence-electron chi connectivity index (χ3n) is 4.25. The predicted octanol–water partition coefficient (Wildman–Crippen LogP) is 2.38. The summed E-state index contributed by atoms with van der Waals surface area (Å²) < 4.78 is 11.5. The fourth-order valence-corrected chi connectivity index (χ4v) is 3.18. The van der Waals surface area contributed by atoms with E-state index in [2.05, 4.69) is 41.2 Å². The van der Waals surface area contributed by atoms with Crippen molar-refractivity contribution in [1.29, 1.82) is 0 Å². The van der Waals surface area contributed by atoms with Gasteiger partial charge in [-0.1, -0.05) is 44.3 Å². The fraction of sp³-hybridized carbons (Fsp3) is 0.579. The number of allylic oxidation sites excluding steroid dienone is 1. The van der Waals surface area contributed by atoms with Gasteiger partial charge in [0.2, 0.25) is 0 Å². The van der Waals surface area contributed by atoms with E-state index >= 15 is 0 Å². The van der Waals surface area contributed by atoms with Gasteiger partial charge >= 0.3 is 0 Å². The van der Waals surface area contributed by atoms with Crippen LogP contribution in [0.25, 0.3) is 0 Å². The highest BCUT2D eigenvalue weighted by Crippen LogP contribution is 2.26. The number of ether oxygens (including phenoxy) is 2. The Labute approximate surface area is 156 Å². The van der Waals surface area contributed by atoms with Crippen molar-refractivity contribution in [2.24, 2.45) is 5.92 Å². The summed E-state index contributed by atoms with van der Waals surface area (Å²) in [6.45, 7) is 8.85. The van der Waals surface area contributed by atoms with E-state index in [1.165, 1.54) is 0 Å². The highest BCUT2D eigenvalue weighted by Gasteiger charge is 2.40. The van der Waals surface area contributed by atoms with Gasteiger partial charge in [0, 0.05) is 39.5 Å². The van der Waals surface area contributed by atoms with Crippen LogP contribution in [-0.4, -0.2) is 61.4 Å². The van der Waals surface area contributed by atoms with E-state index in [0.717, 1.165) is 32.0 Å². The van der Waals surface area contributed by atoms with Gasteiger partial charge in [-0.3, -0.25) is 9.88 Å². The molecule has 138 valence electrons. The molecule has 25 heavy (non-hydrogen) atoms. The molecule has 0 saturated carbocycles. The van der Waals surface area contributed by atoms with E-state index in [-0.39, 0.29) is 0 Å². The van der Waals surface area contributed by atoms with Gasteiger partial charge in [0.05, 0.1) is 18.9 Å². The van der Waals surface area contributed by atoms with Crippen molar-refractivity contribution in [2.75, 3.05) is 46.5 Å². The van der Waals surface area contributed by atoms with Crippen LogP contribution >= 0.6 is 12.2 Å². The van der Waals surface area contributed by atoms with Crippen LogP contribution in [0.2, 0.25) is 0 Å². The van der Waals surface area contributed by atoms with E-state index in [4.69, 9.17) is 21.7 Å². The number of rotatable bonds is 8. The van der Waals surface area contributed by atoms with Crippen LogP contribution in [0.4, 0.5) is 0 Å². The number of hydrogen-bond acceptors (Lipinski definition) is 5. The molecule has 1 atom stereocenters. The molecule has 1 aliphatic rings. The lowest BCUT2D eigenvalue weighted by molar-refractivity contribution is -0.0253. The minimum atomic E-state index is -0.764. The van der Waals surface area contributed by atoms with Crippen LogP contribution < -0.4 is 5.32 Å². The molecule has 1 unspecified atom stereocenters. The van der Waals surface area contributed by atoms with E-state index in [9.17, 15) is 0 Å². The first kappa shape index (κ1) is 20.0. The molecule has 2 rings (SSSR count). The Hall–Kier alpha value is -1.34. The Morgan fingerprint density at radius 1 is 1.44 bits per heavy atom. The molecule has 2 heterocycles. The SMILES string of the molecule is COC(CN1CCOCC1)(C(=S)NCC=CC(C)C)c1ccccn1. The lowest BCUT2D eigenvalue weighted by Gasteiger charge is -2.38. The second-order valence-corrected chi connectivity index (χ2v) is 6.93. The largest absolute Gasteiger partial charge is 0.379 e. The number of nitrogens with one attached hydrogen (secondary N) is 1. The van der Waals surface area contributed by atoms with E-state index in [1.807, 2.05) is 18.2 Å². The highest BCUT2D eigenvalue weighted by atomic mass is 32.1. The predicted molar refractivity (Wildman–Crippen MR) is 105 cm³/mol. The summed E-state index contributed by atoms with van der Waals surface area (Å²) in [6, 6.07) is 5.85. The van der Waals surface area contributed by atoms with Gasteiger partial charge < -0.3 is 14.8 Å². The summed E-state index contributed by atoms with van der Waals surface area (Å²) in [4.78, 5) is 7.52. The van der Waals surface area contributed by atoms with Crippen LogP contribution in [0.1, 0.15) is 19.5 Å². The maximum atomic E-state index is 5.99. The summed E-state index contributed by atoms with van der Waals surface area (Å²) in [5.74, 6) is 0.520. The molecule has 0 bridgehead atoms. The number of pyridine rings is 1. The number of aromatic nitrogens is 1. The first-order valence-corrected chi connectivity index (χ1v) is 9.21. The molecule has 1 fully saturated rings. The molecule has 0 amide bonds. The first-order chi connectivity index (χ1) is 12.1. The van der Waals surface area contributed by atoms with E-state index < -0.39 is 5.60 Å². The van der Waals surface area contributed by atoms with Crippen LogP contribution in [-0.2, 0) is 15.1 Å². The summed E-state index contributed by atoms with van der Waals surface area (Å²) in [7, 11) is 1.70. The van der Waals surface area contributed by atoms with Gasteiger partial charge in [-0.2, -0.15) is 0 Å². The Balaban J connectivity index is 2.19. The molecule has 1 N–H and O–H groups in total. The molecule has 0 aliphatic carbocycles. The second-order valence-electron chi connectivity index (χ2n) is 6.52. The zero-order chi connectivity index (χ0) is 18.1. The summed E-state index contributed by atoms with van der Waals surface area (Å²) in [6.07, 6.45) is 6.04. The van der Waals surface area contributed by atoms with Gasteiger partial charge in [0.1, 0.15) is 4.99 Å². The van der Waals surface area contributed by atoms with Crippen molar-refractivity contribution in [3.63, 3.8) is 0 Å². The van der Waals surface area contributed by atoms with Crippen LogP contribution in [0.3, 0.4) is 0 Å². The molecule has 0 spiro atoms. The molecular weight excluding hydrogens is 334 g/mol. The van der Waals surface area contributed by atoms with Gasteiger partial charge in [0.25, 0.3) is 0 Å². The Morgan fingerprint density at radius 2 is 2.20 bits per heavy atom. The average Bonchev–Trinajstić information content (AvgIpc) is 2.64. The van der Waals surface area contributed by atoms with Gasteiger partial charge in [-0.05, 0) is 18.1 Å². The minimum absolute atomic E-state index is 0.520. The van der Waals surface area contributed by atoms with Gasteiger partial charge in [-0.15, -0.1) is 0 Å². The monoisotopic (exact) mass is 363 g/mol. The topological polar surface area (TPSA) is 46.6 Å². The van der Waals surface area contributed by atoms with Crippen molar-refractivity contribution in [3.8, 4) is 0 Å². The number of methoxy groups -OCH3 is 1. The highest BCUT2D eigenvalue weighted by molar-refractivity contribution is 7.80. The quantitative estimate of drug-likeness (QED) is 0.565. The van der Waals surface area contributed by atoms with Crippen molar-refractivity contribution >= 4 is 17.2 Å². The van der Waals surface area contributed by atoms with E-state index in [0.29, 0.717) is 24.0 Å². The third-order valence-corrected chi connectivity index (χ3v) is 4.72. The standard InChI is InChI=1S/C19H29N3O2S/c1-16(2)7-6-10-21-18(25)19(23-3,17-8-4-5-9-20-17)15-22-11-13-24-14-12-22/h4-9,16H,10-15H2,1-3H3,(H,21,25). The van der Waals surface area contributed by atoms with Crippen molar-refractivity contribution in [2.45, 2.75) is 19.4 Å². The van der Waals surface area contributed by atoms with Crippen molar-refractivity contribution in [3.05, 3.63) is 42.2 Å². The van der Waals surface area contributed by atoms with Gasteiger partial charge in [-0.25, -0.2) is 0 Å². The number of nitrogens with zero attached hydrogens (tertiary/aromatic N) is 2. The normalized spacial score (nSPS) is 18.4. The lowest BCUT2D eigenvalue weighted by atomic mass is 9.96. The number of hydrogen-bond donors (Lipinski definition) is 1. The molecule has 1 aliphatic heterocycles. The first-order valence-electron chi connectivity index (χ1n) is 8.80. The Morgan fingerprint density at radius 3 is 2.80 bits per heavy atom. The zero-order valence-corrected chi connectivity index (χ0v) is 16.2. The molecule has 1 saturated heterocycles. The molecule has 0 aromatic carbocycles. The Kier molecular flexibility index (Phi) is 7.96. The number of thiocarbonyl (C=S) groups is 1. The molecule has 1 aromatic rings. The summed E-state index contributed by atoms with van der Waals surface area (Å²) in [5.41, 5.74) is 0.0638. The van der Waals surface area contributed by atoms with Crippen molar-refractivity contribution < 1.29 is 9.47 Å².